The Hall–Kier alpha value is -1.10. The van der Waals surface area contributed by atoms with Crippen molar-refractivity contribution in [3.63, 3.8) is 0 Å². The van der Waals surface area contributed by atoms with Gasteiger partial charge in [-0.3, -0.25) is 14.9 Å². The predicted octanol–water partition coefficient (Wildman–Crippen LogP) is 0.698. The molecule has 0 aromatic carbocycles. The molecule has 0 bridgehead atoms. The summed E-state index contributed by atoms with van der Waals surface area (Å²) in [5.74, 6) is -0.987. The molecule has 0 aliphatic rings. The largest absolute Gasteiger partial charge is 0.480 e. The molecule has 0 unspecified atom stereocenters. The van der Waals surface area contributed by atoms with Crippen LogP contribution in [0.1, 0.15) is 33.6 Å². The van der Waals surface area contributed by atoms with Crippen LogP contribution in [0.4, 0.5) is 0 Å². The zero-order chi connectivity index (χ0) is 12.8. The molecule has 0 saturated carbocycles. The first-order valence-corrected chi connectivity index (χ1v) is 5.65. The van der Waals surface area contributed by atoms with Gasteiger partial charge in [0, 0.05) is 13.6 Å². The molecule has 0 aromatic heterocycles. The molecule has 0 atom stereocenters. The quantitative estimate of drug-likeness (QED) is 0.675. The molecule has 0 spiro atoms. The number of carbonyl (C=O) groups excluding carboxylic acids is 1. The summed E-state index contributed by atoms with van der Waals surface area (Å²) in [6.45, 7) is 6.18. The highest BCUT2D eigenvalue weighted by Gasteiger charge is 2.34. The van der Waals surface area contributed by atoms with E-state index >= 15 is 0 Å². The molecule has 0 radical (unpaired) electrons. The van der Waals surface area contributed by atoms with Gasteiger partial charge in [0.25, 0.3) is 0 Å². The molecule has 94 valence electrons. The van der Waals surface area contributed by atoms with Crippen molar-refractivity contribution in [3.05, 3.63) is 0 Å². The van der Waals surface area contributed by atoms with Crippen molar-refractivity contribution in [1.82, 2.24) is 10.2 Å². The van der Waals surface area contributed by atoms with Gasteiger partial charge >= 0.3 is 5.97 Å². The Balaban J connectivity index is 4.44. The third-order valence-electron chi connectivity index (χ3n) is 3.09. The first-order valence-electron chi connectivity index (χ1n) is 5.65. The van der Waals surface area contributed by atoms with Crippen molar-refractivity contribution in [3.8, 4) is 0 Å². The number of carboxylic acids is 1. The lowest BCUT2D eigenvalue weighted by molar-refractivity contribution is -0.145. The topological polar surface area (TPSA) is 69.6 Å². The minimum atomic E-state index is -0.982. The van der Waals surface area contributed by atoms with E-state index in [4.69, 9.17) is 5.11 Å². The van der Waals surface area contributed by atoms with Gasteiger partial charge in [-0.25, -0.2) is 0 Å². The van der Waals surface area contributed by atoms with Crippen molar-refractivity contribution in [1.29, 1.82) is 0 Å². The molecule has 5 heteroatoms. The Morgan fingerprint density at radius 1 is 1.25 bits per heavy atom. The number of hydrogen-bond acceptors (Lipinski definition) is 3. The number of nitrogens with one attached hydrogen (secondary N) is 1. The van der Waals surface area contributed by atoms with Crippen LogP contribution < -0.4 is 5.32 Å². The second kappa shape index (κ2) is 6.48. The highest BCUT2D eigenvalue weighted by atomic mass is 16.4. The Labute approximate surface area is 96.8 Å². The molecule has 2 N–H and O–H groups in total. The molecular weight excluding hydrogens is 208 g/mol. The number of amides is 1. The maximum atomic E-state index is 11.5. The zero-order valence-electron chi connectivity index (χ0n) is 10.5. The number of carbonyl (C=O) groups is 2. The van der Waals surface area contributed by atoms with E-state index in [1.165, 1.54) is 0 Å². The molecule has 0 fully saturated rings. The van der Waals surface area contributed by atoms with Gasteiger partial charge in [-0.2, -0.15) is 0 Å². The van der Waals surface area contributed by atoms with Gasteiger partial charge in [0.15, 0.2) is 0 Å². The molecule has 0 aliphatic carbocycles. The summed E-state index contributed by atoms with van der Waals surface area (Å²) in [6.07, 6.45) is 0.921. The van der Waals surface area contributed by atoms with Crippen LogP contribution in [0.5, 0.6) is 0 Å². The van der Waals surface area contributed by atoms with Crippen LogP contribution in [-0.2, 0) is 9.59 Å². The first-order chi connectivity index (χ1) is 7.43. The van der Waals surface area contributed by atoms with Gasteiger partial charge in [0.1, 0.15) is 5.54 Å². The van der Waals surface area contributed by atoms with Crippen LogP contribution in [0.2, 0.25) is 0 Å². The number of aliphatic carboxylic acids is 1. The van der Waals surface area contributed by atoms with Gasteiger partial charge in [0.05, 0.1) is 6.54 Å². The summed E-state index contributed by atoms with van der Waals surface area (Å²) < 4.78 is 0. The van der Waals surface area contributed by atoms with E-state index in [0.29, 0.717) is 19.4 Å². The number of hydrogen-bond donors (Lipinski definition) is 2. The van der Waals surface area contributed by atoms with Crippen molar-refractivity contribution in [2.45, 2.75) is 39.2 Å². The minimum absolute atomic E-state index is 0.0678. The van der Waals surface area contributed by atoms with E-state index in [2.05, 4.69) is 5.32 Å². The second-order valence-electron chi connectivity index (χ2n) is 3.86. The summed E-state index contributed by atoms with van der Waals surface area (Å²) in [5.41, 5.74) is -0.982. The zero-order valence-corrected chi connectivity index (χ0v) is 10.5. The third kappa shape index (κ3) is 3.48. The van der Waals surface area contributed by atoms with Gasteiger partial charge in [-0.1, -0.05) is 13.8 Å². The molecule has 1 amide bonds. The fourth-order valence-corrected chi connectivity index (χ4v) is 1.43. The molecule has 0 rings (SSSR count). The van der Waals surface area contributed by atoms with Crippen LogP contribution >= 0.6 is 0 Å². The number of rotatable bonds is 7. The van der Waals surface area contributed by atoms with Crippen molar-refractivity contribution < 1.29 is 14.7 Å². The van der Waals surface area contributed by atoms with Crippen LogP contribution in [0.3, 0.4) is 0 Å². The molecule has 0 aromatic rings. The Bertz CT molecular complexity index is 250. The summed E-state index contributed by atoms with van der Waals surface area (Å²) in [4.78, 5) is 24.3. The smallest absolute Gasteiger partial charge is 0.323 e. The summed E-state index contributed by atoms with van der Waals surface area (Å²) >= 11 is 0. The van der Waals surface area contributed by atoms with E-state index < -0.39 is 11.5 Å². The lowest BCUT2D eigenvalue weighted by Crippen LogP contribution is -2.54. The molecular formula is C11H22N2O3. The predicted molar refractivity (Wildman–Crippen MR) is 62.3 cm³/mol. The average molecular weight is 230 g/mol. The van der Waals surface area contributed by atoms with E-state index in [9.17, 15) is 9.59 Å². The van der Waals surface area contributed by atoms with Crippen LogP contribution in [-0.4, -0.2) is 47.6 Å². The summed E-state index contributed by atoms with van der Waals surface area (Å²) in [6, 6.07) is 0. The molecule has 0 heterocycles. The van der Waals surface area contributed by atoms with E-state index in [1.54, 1.807) is 25.8 Å². The highest BCUT2D eigenvalue weighted by Crippen LogP contribution is 2.14. The second-order valence-corrected chi connectivity index (χ2v) is 3.86. The standard InChI is InChI=1S/C11H22N2O3/c1-5-11(6-2,10(15)16)12-8-9(14)13(4)7-3/h12H,5-8H2,1-4H3,(H,15,16). The van der Waals surface area contributed by atoms with Crippen molar-refractivity contribution >= 4 is 11.9 Å². The highest BCUT2D eigenvalue weighted by molar-refractivity contribution is 5.82. The minimum Gasteiger partial charge on any atom is -0.480 e. The first kappa shape index (κ1) is 14.9. The van der Waals surface area contributed by atoms with Gasteiger partial charge in [0.2, 0.25) is 5.91 Å². The maximum absolute atomic E-state index is 11.5. The number of likely N-dealkylation sites (N-methyl/N-ethyl adjacent to an activating group) is 1. The fourth-order valence-electron chi connectivity index (χ4n) is 1.43. The molecule has 5 nitrogen and oxygen atoms in total. The summed E-state index contributed by atoms with van der Waals surface area (Å²) in [7, 11) is 1.70. The Morgan fingerprint density at radius 3 is 2.06 bits per heavy atom. The van der Waals surface area contributed by atoms with E-state index in [0.717, 1.165) is 0 Å². The van der Waals surface area contributed by atoms with Gasteiger partial charge in [-0.05, 0) is 19.8 Å². The van der Waals surface area contributed by atoms with Crippen LogP contribution in [0, 0.1) is 0 Å². The number of carboxylic acid groups (broad SMARTS) is 1. The molecule has 16 heavy (non-hydrogen) atoms. The van der Waals surface area contributed by atoms with Crippen molar-refractivity contribution in [2.75, 3.05) is 20.1 Å². The Morgan fingerprint density at radius 2 is 1.75 bits per heavy atom. The normalized spacial score (nSPS) is 11.2. The lowest BCUT2D eigenvalue weighted by atomic mass is 9.93. The third-order valence-corrected chi connectivity index (χ3v) is 3.09. The van der Waals surface area contributed by atoms with Gasteiger partial charge < -0.3 is 10.0 Å². The SMILES string of the molecule is CCN(C)C(=O)CNC(CC)(CC)C(=O)O. The molecule has 0 aliphatic heterocycles. The van der Waals surface area contributed by atoms with E-state index in [-0.39, 0.29) is 12.5 Å². The maximum Gasteiger partial charge on any atom is 0.323 e. The van der Waals surface area contributed by atoms with E-state index in [1.807, 2.05) is 6.92 Å². The monoisotopic (exact) mass is 230 g/mol. The average Bonchev–Trinajstić information content (AvgIpc) is 2.29. The summed E-state index contributed by atoms with van der Waals surface area (Å²) in [5, 5.41) is 12.0. The van der Waals surface area contributed by atoms with Crippen LogP contribution in [0.15, 0.2) is 0 Å². The van der Waals surface area contributed by atoms with Crippen LogP contribution in [0.25, 0.3) is 0 Å². The van der Waals surface area contributed by atoms with Gasteiger partial charge in [-0.15, -0.1) is 0 Å². The lowest BCUT2D eigenvalue weighted by Gasteiger charge is -2.28. The number of nitrogens with zero attached hydrogens (tertiary/aromatic N) is 1. The Kier molecular flexibility index (Phi) is 6.03. The van der Waals surface area contributed by atoms with Crippen molar-refractivity contribution in [2.24, 2.45) is 0 Å². The fraction of sp³-hybridized carbons (Fsp3) is 0.818. The molecule has 0 saturated heterocycles.